The zero-order valence-corrected chi connectivity index (χ0v) is 15.0. The minimum absolute atomic E-state index is 0.0185. The number of aryl methyl sites for hydroxylation is 3. The molecule has 0 radical (unpaired) electrons. The average Bonchev–Trinajstić information content (AvgIpc) is 3.33. The van der Waals surface area contributed by atoms with Gasteiger partial charge in [-0.2, -0.15) is 5.10 Å². The highest BCUT2D eigenvalue weighted by molar-refractivity contribution is 6.06. The molecule has 1 unspecified atom stereocenters. The fourth-order valence-corrected chi connectivity index (χ4v) is 4.73. The Hall–Kier alpha value is -2.70. The first kappa shape index (κ1) is 15.5. The summed E-state index contributed by atoms with van der Waals surface area (Å²) in [6, 6.07) is 1.85. The second kappa shape index (κ2) is 5.40. The molecule has 26 heavy (non-hydrogen) atoms. The van der Waals surface area contributed by atoms with Crippen molar-refractivity contribution in [3.8, 4) is 0 Å². The number of piperidine rings is 1. The Morgan fingerprint density at radius 3 is 3.12 bits per heavy atom. The van der Waals surface area contributed by atoms with E-state index in [0.717, 1.165) is 49.9 Å². The van der Waals surface area contributed by atoms with Crippen LogP contribution in [0.3, 0.4) is 0 Å². The fraction of sp³-hybridized carbons (Fsp3) is 0.474. The minimum atomic E-state index is 0.0185. The predicted molar refractivity (Wildman–Crippen MR) is 95.0 cm³/mol. The van der Waals surface area contributed by atoms with E-state index >= 15 is 0 Å². The van der Waals surface area contributed by atoms with Crippen LogP contribution in [0.2, 0.25) is 0 Å². The van der Waals surface area contributed by atoms with Crippen LogP contribution in [0.5, 0.6) is 0 Å². The third kappa shape index (κ3) is 2.12. The van der Waals surface area contributed by atoms with Crippen molar-refractivity contribution in [1.82, 2.24) is 25.2 Å². The summed E-state index contributed by atoms with van der Waals surface area (Å²) in [5, 5.41) is 12.1. The monoisotopic (exact) mass is 351 g/mol. The van der Waals surface area contributed by atoms with Gasteiger partial charge in [0.25, 0.3) is 11.6 Å². The van der Waals surface area contributed by atoms with Gasteiger partial charge in [-0.05, 0) is 51.2 Å². The molecule has 4 heterocycles. The maximum Gasteiger partial charge on any atom is 0.258 e. The number of aromatic nitrogens is 4. The van der Waals surface area contributed by atoms with E-state index in [4.69, 9.17) is 4.52 Å². The van der Waals surface area contributed by atoms with Gasteiger partial charge in [0, 0.05) is 29.9 Å². The highest BCUT2D eigenvalue weighted by Gasteiger charge is 2.44. The molecule has 1 aliphatic heterocycles. The van der Waals surface area contributed by atoms with Crippen molar-refractivity contribution < 1.29 is 9.32 Å². The molecule has 0 bridgehead atoms. The summed E-state index contributed by atoms with van der Waals surface area (Å²) in [5.74, 6) is 0.0406. The van der Waals surface area contributed by atoms with E-state index in [1.807, 2.05) is 31.0 Å². The van der Waals surface area contributed by atoms with Crippen molar-refractivity contribution >= 4 is 17.0 Å². The van der Waals surface area contributed by atoms with Gasteiger partial charge in [0.2, 0.25) is 0 Å². The number of H-pyrrole nitrogens is 1. The third-order valence-electron chi connectivity index (χ3n) is 5.96. The topological polar surface area (TPSA) is 87.9 Å². The van der Waals surface area contributed by atoms with Crippen LogP contribution < -0.4 is 0 Å². The second-order valence-electron chi connectivity index (χ2n) is 7.64. The lowest BCUT2D eigenvalue weighted by Gasteiger charge is -2.40. The first-order valence-corrected chi connectivity index (χ1v) is 9.13. The number of carbonyl (C=O) groups is 1. The van der Waals surface area contributed by atoms with E-state index in [2.05, 4.69) is 20.3 Å². The van der Waals surface area contributed by atoms with Crippen molar-refractivity contribution in [1.29, 1.82) is 0 Å². The number of nitrogens with zero attached hydrogens (tertiary/aromatic N) is 4. The number of aromatic amines is 1. The molecule has 1 aliphatic carbocycles. The number of carbonyl (C=O) groups excluding carboxylic acids is 1. The highest BCUT2D eigenvalue weighted by atomic mass is 16.5. The molecule has 3 aromatic rings. The van der Waals surface area contributed by atoms with E-state index in [-0.39, 0.29) is 11.3 Å². The molecular weight excluding hydrogens is 330 g/mol. The van der Waals surface area contributed by atoms with Gasteiger partial charge in [0.1, 0.15) is 0 Å². The Bertz CT molecular complexity index is 1020. The molecule has 2 aliphatic rings. The highest BCUT2D eigenvalue weighted by Crippen LogP contribution is 2.44. The molecule has 1 N–H and O–H groups in total. The number of fused-ring (bicyclic) bond motifs is 3. The Balaban J connectivity index is 1.53. The Labute approximate surface area is 150 Å². The molecule has 1 spiro atoms. The second-order valence-corrected chi connectivity index (χ2v) is 7.64. The minimum Gasteiger partial charge on any atom is -0.338 e. The molecular formula is C19H21N5O2. The predicted octanol–water partition coefficient (Wildman–Crippen LogP) is 2.68. The van der Waals surface area contributed by atoms with Crippen molar-refractivity contribution in [2.45, 2.75) is 44.9 Å². The van der Waals surface area contributed by atoms with Crippen LogP contribution in [0.4, 0.5) is 0 Å². The molecule has 1 fully saturated rings. The zero-order valence-electron chi connectivity index (χ0n) is 15.0. The zero-order chi connectivity index (χ0) is 17.9. The Morgan fingerprint density at radius 1 is 1.35 bits per heavy atom. The van der Waals surface area contributed by atoms with Crippen LogP contribution in [0.15, 0.2) is 16.8 Å². The lowest BCUT2D eigenvalue weighted by Crippen LogP contribution is -2.48. The summed E-state index contributed by atoms with van der Waals surface area (Å²) < 4.78 is 5.29. The van der Waals surface area contributed by atoms with Gasteiger partial charge < -0.3 is 9.42 Å². The van der Waals surface area contributed by atoms with E-state index in [0.29, 0.717) is 17.0 Å². The van der Waals surface area contributed by atoms with Crippen LogP contribution in [0.25, 0.3) is 11.1 Å². The van der Waals surface area contributed by atoms with Crippen molar-refractivity contribution in [3.63, 3.8) is 0 Å². The first-order valence-electron chi connectivity index (χ1n) is 9.13. The van der Waals surface area contributed by atoms with Crippen LogP contribution >= 0.6 is 0 Å². The third-order valence-corrected chi connectivity index (χ3v) is 5.96. The van der Waals surface area contributed by atoms with Crippen molar-refractivity contribution in [2.75, 3.05) is 13.1 Å². The lowest BCUT2D eigenvalue weighted by molar-refractivity contribution is 0.0634. The van der Waals surface area contributed by atoms with Gasteiger partial charge in [-0.1, -0.05) is 5.16 Å². The van der Waals surface area contributed by atoms with Crippen LogP contribution in [-0.2, 0) is 11.8 Å². The molecule has 7 nitrogen and oxygen atoms in total. The molecule has 1 saturated heterocycles. The van der Waals surface area contributed by atoms with Gasteiger partial charge >= 0.3 is 0 Å². The number of likely N-dealkylation sites (tertiary alicyclic amines) is 1. The lowest BCUT2D eigenvalue weighted by atomic mass is 9.77. The number of rotatable bonds is 1. The van der Waals surface area contributed by atoms with Crippen molar-refractivity contribution in [2.24, 2.45) is 0 Å². The largest absolute Gasteiger partial charge is 0.338 e. The van der Waals surface area contributed by atoms with Crippen molar-refractivity contribution in [3.05, 3.63) is 40.5 Å². The number of hydrogen-bond acceptors (Lipinski definition) is 5. The number of hydrogen-bond donors (Lipinski definition) is 1. The fourth-order valence-electron chi connectivity index (χ4n) is 4.73. The smallest absolute Gasteiger partial charge is 0.258 e. The van der Waals surface area contributed by atoms with E-state index in [1.165, 1.54) is 11.3 Å². The average molecular weight is 351 g/mol. The molecule has 134 valence electrons. The summed E-state index contributed by atoms with van der Waals surface area (Å²) in [7, 11) is 0. The summed E-state index contributed by atoms with van der Waals surface area (Å²) in [6.07, 6.45) is 6.15. The summed E-state index contributed by atoms with van der Waals surface area (Å²) in [5.41, 5.74) is 5.11. The normalized spacial score (nSPS) is 22.3. The Kier molecular flexibility index (Phi) is 3.23. The molecule has 7 heteroatoms. The molecule has 5 rings (SSSR count). The van der Waals surface area contributed by atoms with Gasteiger partial charge in [0.05, 0.1) is 22.8 Å². The van der Waals surface area contributed by atoms with Crippen LogP contribution in [0, 0.1) is 13.8 Å². The van der Waals surface area contributed by atoms with E-state index < -0.39 is 0 Å². The molecule has 0 saturated carbocycles. The van der Waals surface area contributed by atoms with Gasteiger partial charge in [0.15, 0.2) is 0 Å². The van der Waals surface area contributed by atoms with Crippen LogP contribution in [-0.4, -0.2) is 44.2 Å². The molecule has 0 aromatic carbocycles. The summed E-state index contributed by atoms with van der Waals surface area (Å²) in [6.45, 7) is 5.23. The van der Waals surface area contributed by atoms with Crippen LogP contribution in [0.1, 0.15) is 52.3 Å². The number of pyridine rings is 1. The standard InChI is InChI=1S/C19H21N5O2/c1-11-8-14(15-12(2)23-26-17(15)21-11)18(25)24-7-3-5-19(10-24)6-4-13-9-20-22-16(13)19/h8-9H,3-7,10H2,1-2H3,(H,20,22). The molecule has 1 amide bonds. The van der Waals surface area contributed by atoms with Gasteiger partial charge in [-0.15, -0.1) is 0 Å². The SMILES string of the molecule is Cc1cc(C(=O)N2CCCC3(CCc4cn[nH]c43)C2)c2c(C)noc2n1. The summed E-state index contributed by atoms with van der Waals surface area (Å²) in [4.78, 5) is 19.8. The molecule has 3 aromatic heterocycles. The number of nitrogens with one attached hydrogen (secondary N) is 1. The maximum atomic E-state index is 13.4. The summed E-state index contributed by atoms with van der Waals surface area (Å²) >= 11 is 0. The quantitative estimate of drug-likeness (QED) is 0.728. The first-order chi connectivity index (χ1) is 12.6. The molecule has 1 atom stereocenters. The van der Waals surface area contributed by atoms with E-state index in [1.54, 1.807) is 0 Å². The Morgan fingerprint density at radius 2 is 2.23 bits per heavy atom. The van der Waals surface area contributed by atoms with Gasteiger partial charge in [-0.3, -0.25) is 9.89 Å². The van der Waals surface area contributed by atoms with Gasteiger partial charge in [-0.25, -0.2) is 4.98 Å². The maximum absolute atomic E-state index is 13.4. The number of amides is 1. The van der Waals surface area contributed by atoms with E-state index in [9.17, 15) is 4.79 Å².